The van der Waals surface area contributed by atoms with Crippen molar-refractivity contribution < 1.29 is 22.7 Å². The van der Waals surface area contributed by atoms with Gasteiger partial charge in [-0.25, -0.2) is 0 Å². The van der Waals surface area contributed by atoms with E-state index in [4.69, 9.17) is 0 Å². The van der Waals surface area contributed by atoms with Crippen LogP contribution >= 0.6 is 12.4 Å². The van der Waals surface area contributed by atoms with Crippen molar-refractivity contribution in [2.75, 3.05) is 20.1 Å². The summed E-state index contributed by atoms with van der Waals surface area (Å²) in [6, 6.07) is 5.27. The number of hydrogen-bond donors (Lipinski definition) is 1. The van der Waals surface area contributed by atoms with Gasteiger partial charge in [0.15, 0.2) is 0 Å². The number of likely N-dealkylation sites (N-methyl/N-ethyl adjacent to an activating group) is 1. The minimum absolute atomic E-state index is 0. The number of carbonyl (C=O) groups is 1. The first-order chi connectivity index (χ1) is 9.90. The lowest BCUT2D eigenvalue weighted by Gasteiger charge is -2.24. The predicted octanol–water partition coefficient (Wildman–Crippen LogP) is 2.83. The summed E-state index contributed by atoms with van der Waals surface area (Å²) in [5, 5.41) is 3.02. The van der Waals surface area contributed by atoms with Crippen LogP contribution in [0, 0.1) is 0 Å². The molecule has 1 saturated heterocycles. The fourth-order valence-corrected chi connectivity index (χ4v) is 2.54. The Morgan fingerprint density at radius 2 is 2.18 bits per heavy atom. The van der Waals surface area contributed by atoms with Gasteiger partial charge < -0.3 is 15.0 Å². The third-order valence-corrected chi connectivity index (χ3v) is 3.39. The fraction of sp³-hybridized carbons (Fsp3) is 0.500. The Balaban J connectivity index is 0.00000242. The Bertz CT molecular complexity index is 511. The highest BCUT2D eigenvalue weighted by Crippen LogP contribution is 2.25. The van der Waals surface area contributed by atoms with E-state index in [9.17, 15) is 18.0 Å². The third-order valence-electron chi connectivity index (χ3n) is 3.39. The number of hydrogen-bond acceptors (Lipinski definition) is 3. The van der Waals surface area contributed by atoms with Crippen LogP contribution < -0.4 is 10.1 Å². The SMILES string of the molecule is CNCC1CCCN1C(=O)c1cccc(OC(F)(F)F)c1.Cl. The standard InChI is InChI=1S/C14H17F3N2O2.ClH/c1-18-9-11-5-3-7-19(11)13(20)10-4-2-6-12(8-10)21-14(15,16)17;/h2,4,6,8,11,18H,3,5,7,9H2,1H3;1H. The van der Waals surface area contributed by atoms with Crippen LogP contribution in [0.1, 0.15) is 23.2 Å². The number of alkyl halides is 3. The molecule has 0 aliphatic carbocycles. The number of nitrogens with zero attached hydrogens (tertiary/aromatic N) is 1. The van der Waals surface area contributed by atoms with Gasteiger partial charge in [0, 0.05) is 24.7 Å². The molecule has 1 N–H and O–H groups in total. The Morgan fingerprint density at radius 3 is 2.82 bits per heavy atom. The molecule has 0 bridgehead atoms. The highest BCUT2D eigenvalue weighted by Gasteiger charge is 2.32. The summed E-state index contributed by atoms with van der Waals surface area (Å²) in [6.07, 6.45) is -2.97. The van der Waals surface area contributed by atoms with Gasteiger partial charge in [0.1, 0.15) is 5.75 Å². The molecule has 1 aliphatic rings. The maximum Gasteiger partial charge on any atom is 0.573 e. The minimum Gasteiger partial charge on any atom is -0.406 e. The van der Waals surface area contributed by atoms with Crippen molar-refractivity contribution in [3.05, 3.63) is 29.8 Å². The molecule has 0 aromatic heterocycles. The summed E-state index contributed by atoms with van der Waals surface area (Å²) >= 11 is 0. The molecular weight excluding hydrogens is 321 g/mol. The molecule has 1 atom stereocenters. The van der Waals surface area contributed by atoms with E-state index >= 15 is 0 Å². The van der Waals surface area contributed by atoms with Gasteiger partial charge in [-0.2, -0.15) is 0 Å². The quantitative estimate of drug-likeness (QED) is 0.918. The summed E-state index contributed by atoms with van der Waals surface area (Å²) in [6.45, 7) is 1.29. The molecule has 1 aliphatic heterocycles. The first-order valence-corrected chi connectivity index (χ1v) is 6.72. The van der Waals surface area contributed by atoms with Crippen molar-refractivity contribution in [2.24, 2.45) is 0 Å². The Hall–Kier alpha value is -1.47. The molecular formula is C14H18ClF3N2O2. The molecule has 1 amide bonds. The molecule has 0 spiro atoms. The number of likely N-dealkylation sites (tertiary alicyclic amines) is 1. The highest BCUT2D eigenvalue weighted by molar-refractivity contribution is 5.95. The average Bonchev–Trinajstić information content (AvgIpc) is 2.85. The lowest BCUT2D eigenvalue weighted by atomic mass is 10.1. The van der Waals surface area contributed by atoms with Crippen molar-refractivity contribution in [1.29, 1.82) is 0 Å². The summed E-state index contributed by atoms with van der Waals surface area (Å²) in [7, 11) is 1.80. The smallest absolute Gasteiger partial charge is 0.406 e. The van der Waals surface area contributed by atoms with Gasteiger partial charge in [0.2, 0.25) is 0 Å². The van der Waals surface area contributed by atoms with Crippen LogP contribution in [0.15, 0.2) is 24.3 Å². The zero-order chi connectivity index (χ0) is 15.5. The van der Waals surface area contributed by atoms with Crippen LogP contribution in [0.4, 0.5) is 13.2 Å². The molecule has 1 heterocycles. The number of nitrogens with one attached hydrogen (secondary N) is 1. The average molecular weight is 339 g/mol. The number of ether oxygens (including phenoxy) is 1. The number of amides is 1. The monoisotopic (exact) mass is 338 g/mol. The molecule has 124 valence electrons. The van der Waals surface area contributed by atoms with Crippen molar-refractivity contribution in [1.82, 2.24) is 10.2 Å². The molecule has 2 rings (SSSR count). The number of rotatable bonds is 4. The van der Waals surface area contributed by atoms with Crippen LogP contribution in [0.3, 0.4) is 0 Å². The zero-order valence-electron chi connectivity index (χ0n) is 12.0. The van der Waals surface area contributed by atoms with Crippen LogP contribution in [-0.2, 0) is 0 Å². The van der Waals surface area contributed by atoms with Gasteiger partial charge in [-0.3, -0.25) is 4.79 Å². The van der Waals surface area contributed by atoms with Gasteiger partial charge in [0.05, 0.1) is 0 Å². The second kappa shape index (κ2) is 7.69. The molecule has 8 heteroatoms. The van der Waals surface area contributed by atoms with Crippen LogP contribution in [0.2, 0.25) is 0 Å². The van der Waals surface area contributed by atoms with E-state index in [2.05, 4.69) is 10.1 Å². The van der Waals surface area contributed by atoms with Crippen molar-refractivity contribution in [3.63, 3.8) is 0 Å². The van der Waals surface area contributed by atoms with Gasteiger partial charge in [-0.1, -0.05) is 6.07 Å². The second-order valence-electron chi connectivity index (χ2n) is 4.93. The summed E-state index contributed by atoms with van der Waals surface area (Å²) in [5.74, 6) is -0.641. The van der Waals surface area contributed by atoms with Crippen LogP contribution in [0.5, 0.6) is 5.75 Å². The van der Waals surface area contributed by atoms with Crippen molar-refractivity contribution >= 4 is 18.3 Å². The van der Waals surface area contributed by atoms with Crippen LogP contribution in [-0.4, -0.2) is 43.3 Å². The van der Waals surface area contributed by atoms with Crippen molar-refractivity contribution in [3.8, 4) is 5.75 Å². The Morgan fingerprint density at radius 1 is 1.45 bits per heavy atom. The highest BCUT2D eigenvalue weighted by atomic mass is 35.5. The van der Waals surface area contributed by atoms with E-state index < -0.39 is 6.36 Å². The van der Waals surface area contributed by atoms with E-state index in [0.717, 1.165) is 18.9 Å². The van der Waals surface area contributed by atoms with E-state index in [1.165, 1.54) is 18.2 Å². The number of halogens is 4. The first kappa shape index (κ1) is 18.6. The molecule has 0 saturated carbocycles. The molecule has 22 heavy (non-hydrogen) atoms. The molecule has 1 fully saturated rings. The maximum absolute atomic E-state index is 12.4. The minimum atomic E-state index is -4.76. The maximum atomic E-state index is 12.4. The van der Waals surface area contributed by atoms with Gasteiger partial charge in [-0.15, -0.1) is 25.6 Å². The fourth-order valence-electron chi connectivity index (χ4n) is 2.54. The molecule has 4 nitrogen and oxygen atoms in total. The molecule has 0 radical (unpaired) electrons. The number of carbonyl (C=O) groups excluding carboxylic acids is 1. The van der Waals surface area contributed by atoms with E-state index in [-0.39, 0.29) is 35.7 Å². The molecule has 1 aromatic rings. The normalized spacial score (nSPS) is 18.0. The first-order valence-electron chi connectivity index (χ1n) is 6.72. The topological polar surface area (TPSA) is 41.6 Å². The molecule has 1 unspecified atom stereocenters. The lowest BCUT2D eigenvalue weighted by molar-refractivity contribution is -0.274. The largest absolute Gasteiger partial charge is 0.573 e. The van der Waals surface area contributed by atoms with Gasteiger partial charge >= 0.3 is 6.36 Å². The third kappa shape index (κ3) is 4.78. The van der Waals surface area contributed by atoms with E-state index in [0.29, 0.717) is 13.1 Å². The number of benzene rings is 1. The lowest BCUT2D eigenvalue weighted by Crippen LogP contribution is -2.40. The molecule has 1 aromatic carbocycles. The summed E-state index contributed by atoms with van der Waals surface area (Å²) in [4.78, 5) is 14.1. The van der Waals surface area contributed by atoms with E-state index in [1.807, 2.05) is 0 Å². The Labute approximate surface area is 133 Å². The predicted molar refractivity (Wildman–Crippen MR) is 78.4 cm³/mol. The van der Waals surface area contributed by atoms with Crippen LogP contribution in [0.25, 0.3) is 0 Å². The second-order valence-corrected chi connectivity index (χ2v) is 4.93. The Kier molecular flexibility index (Phi) is 6.49. The zero-order valence-corrected chi connectivity index (χ0v) is 12.8. The summed E-state index contributed by atoms with van der Waals surface area (Å²) in [5.41, 5.74) is 0.208. The van der Waals surface area contributed by atoms with E-state index in [1.54, 1.807) is 11.9 Å². The summed E-state index contributed by atoms with van der Waals surface area (Å²) < 4.78 is 40.5. The van der Waals surface area contributed by atoms with Crippen molar-refractivity contribution in [2.45, 2.75) is 25.2 Å². The van der Waals surface area contributed by atoms with Gasteiger partial charge in [-0.05, 0) is 38.1 Å². The van der Waals surface area contributed by atoms with Gasteiger partial charge in [0.25, 0.3) is 5.91 Å².